The summed E-state index contributed by atoms with van der Waals surface area (Å²) in [5.74, 6) is -0.192. The first-order valence-corrected chi connectivity index (χ1v) is 9.37. The SMILES string of the molecule is Cc1ccc(-c2cc3c(=O)n(CCNC(=O)c4ccncc4)ccn3n2)c(C)c1. The number of rotatable bonds is 5. The number of amides is 1. The van der Waals surface area contributed by atoms with Gasteiger partial charge in [0.25, 0.3) is 11.5 Å². The Balaban J connectivity index is 1.53. The number of carbonyl (C=O) groups is 1. The Labute approximate surface area is 167 Å². The average molecular weight is 387 g/mol. The second-order valence-corrected chi connectivity index (χ2v) is 6.97. The Morgan fingerprint density at radius 3 is 2.62 bits per heavy atom. The minimum atomic E-state index is -0.192. The fourth-order valence-corrected chi connectivity index (χ4v) is 3.33. The molecule has 0 atom stereocenters. The highest BCUT2D eigenvalue weighted by Crippen LogP contribution is 2.23. The molecule has 0 saturated carbocycles. The van der Waals surface area contributed by atoms with Gasteiger partial charge in [-0.1, -0.05) is 23.8 Å². The topological polar surface area (TPSA) is 81.3 Å². The second-order valence-electron chi connectivity index (χ2n) is 6.97. The van der Waals surface area contributed by atoms with Crippen LogP contribution in [0.3, 0.4) is 0 Å². The molecule has 0 fully saturated rings. The number of nitrogens with zero attached hydrogens (tertiary/aromatic N) is 4. The molecule has 0 saturated heterocycles. The van der Waals surface area contributed by atoms with Crippen molar-refractivity contribution in [1.29, 1.82) is 0 Å². The molecule has 0 unspecified atom stereocenters. The molecule has 7 nitrogen and oxygen atoms in total. The van der Waals surface area contributed by atoms with Crippen LogP contribution in [-0.2, 0) is 6.54 Å². The molecule has 0 aliphatic rings. The Bertz CT molecular complexity index is 1240. The van der Waals surface area contributed by atoms with Crippen LogP contribution in [-0.4, -0.2) is 31.6 Å². The van der Waals surface area contributed by atoms with Gasteiger partial charge in [0.2, 0.25) is 0 Å². The van der Waals surface area contributed by atoms with Crippen LogP contribution in [0.4, 0.5) is 0 Å². The van der Waals surface area contributed by atoms with E-state index in [9.17, 15) is 9.59 Å². The van der Waals surface area contributed by atoms with Crippen molar-refractivity contribution in [3.63, 3.8) is 0 Å². The molecule has 7 heteroatoms. The van der Waals surface area contributed by atoms with E-state index < -0.39 is 0 Å². The molecule has 4 aromatic rings. The first-order chi connectivity index (χ1) is 14.0. The van der Waals surface area contributed by atoms with Crippen molar-refractivity contribution < 1.29 is 4.79 Å². The van der Waals surface area contributed by atoms with Gasteiger partial charge < -0.3 is 9.88 Å². The number of carbonyl (C=O) groups excluding carboxylic acids is 1. The normalized spacial score (nSPS) is 11.0. The second kappa shape index (κ2) is 7.71. The van der Waals surface area contributed by atoms with E-state index in [0.717, 1.165) is 16.8 Å². The highest BCUT2D eigenvalue weighted by atomic mass is 16.1. The Morgan fingerprint density at radius 2 is 1.86 bits per heavy atom. The van der Waals surface area contributed by atoms with Crippen molar-refractivity contribution in [3.05, 3.63) is 88.2 Å². The third kappa shape index (κ3) is 3.80. The van der Waals surface area contributed by atoms with Crippen molar-refractivity contribution >= 4 is 11.4 Å². The van der Waals surface area contributed by atoms with E-state index in [4.69, 9.17) is 0 Å². The van der Waals surface area contributed by atoms with Gasteiger partial charge in [0.15, 0.2) is 0 Å². The number of hydrogen-bond donors (Lipinski definition) is 1. The molecular weight excluding hydrogens is 366 g/mol. The van der Waals surface area contributed by atoms with E-state index in [1.165, 1.54) is 5.56 Å². The molecule has 146 valence electrons. The van der Waals surface area contributed by atoms with E-state index in [0.29, 0.717) is 24.2 Å². The molecule has 1 N–H and O–H groups in total. The van der Waals surface area contributed by atoms with Gasteiger partial charge in [0.1, 0.15) is 5.52 Å². The lowest BCUT2D eigenvalue weighted by Gasteiger charge is -2.07. The number of fused-ring (bicyclic) bond motifs is 1. The van der Waals surface area contributed by atoms with E-state index in [2.05, 4.69) is 21.5 Å². The molecule has 0 aliphatic heterocycles. The van der Waals surface area contributed by atoms with E-state index in [-0.39, 0.29) is 11.5 Å². The van der Waals surface area contributed by atoms with Crippen LogP contribution >= 0.6 is 0 Å². The minimum absolute atomic E-state index is 0.144. The summed E-state index contributed by atoms with van der Waals surface area (Å²) in [6, 6.07) is 11.3. The molecule has 4 rings (SSSR count). The van der Waals surface area contributed by atoms with E-state index in [1.54, 1.807) is 46.0 Å². The minimum Gasteiger partial charge on any atom is -0.350 e. The fourth-order valence-electron chi connectivity index (χ4n) is 3.33. The lowest BCUT2D eigenvalue weighted by molar-refractivity contribution is 0.0952. The largest absolute Gasteiger partial charge is 0.350 e. The predicted octanol–water partition coefficient (Wildman–Crippen LogP) is 2.60. The number of nitrogens with one attached hydrogen (secondary N) is 1. The lowest BCUT2D eigenvalue weighted by atomic mass is 10.0. The summed E-state index contributed by atoms with van der Waals surface area (Å²) in [6.45, 7) is 4.80. The summed E-state index contributed by atoms with van der Waals surface area (Å²) in [7, 11) is 0. The summed E-state index contributed by atoms with van der Waals surface area (Å²) < 4.78 is 3.18. The van der Waals surface area contributed by atoms with Crippen LogP contribution in [0.5, 0.6) is 0 Å². The van der Waals surface area contributed by atoms with Crippen LogP contribution < -0.4 is 10.9 Å². The highest BCUT2D eigenvalue weighted by Gasteiger charge is 2.11. The first kappa shape index (κ1) is 18.6. The summed E-state index contributed by atoms with van der Waals surface area (Å²) in [5.41, 5.74) is 4.98. The van der Waals surface area contributed by atoms with Gasteiger partial charge >= 0.3 is 0 Å². The molecule has 1 aromatic carbocycles. The van der Waals surface area contributed by atoms with Crippen LogP contribution in [0.15, 0.2) is 66.0 Å². The van der Waals surface area contributed by atoms with Crippen LogP contribution in [0.2, 0.25) is 0 Å². The number of pyridine rings is 1. The van der Waals surface area contributed by atoms with Crippen molar-refractivity contribution in [3.8, 4) is 11.3 Å². The molecule has 0 bridgehead atoms. The van der Waals surface area contributed by atoms with Crippen LogP contribution in [0.25, 0.3) is 16.8 Å². The number of benzene rings is 1. The van der Waals surface area contributed by atoms with Gasteiger partial charge in [0.05, 0.1) is 5.69 Å². The first-order valence-electron chi connectivity index (χ1n) is 9.37. The van der Waals surface area contributed by atoms with Gasteiger partial charge in [-0.3, -0.25) is 14.6 Å². The smallest absolute Gasteiger partial charge is 0.276 e. The van der Waals surface area contributed by atoms with Gasteiger partial charge in [0, 0.05) is 49.0 Å². The molecule has 29 heavy (non-hydrogen) atoms. The summed E-state index contributed by atoms with van der Waals surface area (Å²) >= 11 is 0. The molecule has 0 aliphatic carbocycles. The van der Waals surface area contributed by atoms with Gasteiger partial charge in [-0.25, -0.2) is 4.52 Å². The Kier molecular flexibility index (Phi) is 4.95. The highest BCUT2D eigenvalue weighted by molar-refractivity contribution is 5.93. The maximum atomic E-state index is 12.8. The van der Waals surface area contributed by atoms with Gasteiger partial charge in [-0.15, -0.1) is 0 Å². The Hall–Kier alpha value is -3.74. The number of aryl methyl sites for hydroxylation is 2. The Morgan fingerprint density at radius 1 is 1.07 bits per heavy atom. The predicted molar refractivity (Wildman–Crippen MR) is 111 cm³/mol. The third-order valence-corrected chi connectivity index (χ3v) is 4.84. The summed E-state index contributed by atoms with van der Waals surface area (Å²) in [4.78, 5) is 28.8. The van der Waals surface area contributed by atoms with Crippen molar-refractivity contribution in [2.24, 2.45) is 0 Å². The maximum Gasteiger partial charge on any atom is 0.276 e. The lowest BCUT2D eigenvalue weighted by Crippen LogP contribution is -2.31. The third-order valence-electron chi connectivity index (χ3n) is 4.84. The number of aromatic nitrogens is 4. The molecular formula is C22H21N5O2. The van der Waals surface area contributed by atoms with Crippen molar-refractivity contribution in [1.82, 2.24) is 24.5 Å². The summed E-state index contributed by atoms with van der Waals surface area (Å²) in [5, 5.41) is 7.37. The molecule has 0 spiro atoms. The zero-order valence-corrected chi connectivity index (χ0v) is 16.3. The van der Waals surface area contributed by atoms with Crippen LogP contribution in [0, 0.1) is 13.8 Å². The monoisotopic (exact) mass is 387 g/mol. The molecule has 3 aromatic heterocycles. The molecule has 1 amide bonds. The number of hydrogen-bond acceptors (Lipinski definition) is 4. The van der Waals surface area contributed by atoms with Crippen LogP contribution in [0.1, 0.15) is 21.5 Å². The molecule has 0 radical (unpaired) electrons. The van der Waals surface area contributed by atoms with E-state index in [1.807, 2.05) is 32.0 Å². The quantitative estimate of drug-likeness (QED) is 0.571. The average Bonchev–Trinajstić information content (AvgIpc) is 3.15. The fraction of sp³-hybridized carbons (Fsp3) is 0.182. The standard InChI is InChI=1S/C22H21N5O2/c1-15-3-4-18(16(2)13-15)19-14-20-22(29)26(11-12-27(20)25-19)10-9-24-21(28)17-5-7-23-8-6-17/h3-8,11-14H,9-10H2,1-2H3,(H,24,28). The summed E-state index contributed by atoms with van der Waals surface area (Å²) in [6.07, 6.45) is 6.59. The molecule has 3 heterocycles. The van der Waals surface area contributed by atoms with E-state index >= 15 is 0 Å². The maximum absolute atomic E-state index is 12.8. The zero-order valence-electron chi connectivity index (χ0n) is 16.3. The zero-order chi connectivity index (χ0) is 20.4. The van der Waals surface area contributed by atoms with Gasteiger partial charge in [-0.05, 0) is 37.6 Å². The van der Waals surface area contributed by atoms with Crippen molar-refractivity contribution in [2.45, 2.75) is 20.4 Å². The van der Waals surface area contributed by atoms with Crippen molar-refractivity contribution in [2.75, 3.05) is 6.54 Å². The van der Waals surface area contributed by atoms with Gasteiger partial charge in [-0.2, -0.15) is 5.10 Å².